The summed E-state index contributed by atoms with van der Waals surface area (Å²) in [6.45, 7) is 3.83. The van der Waals surface area contributed by atoms with Gasteiger partial charge in [-0.1, -0.05) is 29.5 Å². The predicted molar refractivity (Wildman–Crippen MR) is 114 cm³/mol. The number of rotatable bonds is 6. The quantitative estimate of drug-likeness (QED) is 0.731. The topological polar surface area (TPSA) is 95.9 Å². The number of benzene rings is 2. The van der Waals surface area contributed by atoms with Gasteiger partial charge in [0.15, 0.2) is 5.17 Å². The van der Waals surface area contributed by atoms with Gasteiger partial charge in [0, 0.05) is 18.7 Å². The van der Waals surface area contributed by atoms with Gasteiger partial charge in [-0.15, -0.1) is 4.40 Å². The van der Waals surface area contributed by atoms with E-state index in [2.05, 4.69) is 9.71 Å². The van der Waals surface area contributed by atoms with Crippen LogP contribution in [0.2, 0.25) is 0 Å². The average molecular weight is 450 g/mol. The van der Waals surface area contributed by atoms with Gasteiger partial charge >= 0.3 is 0 Å². The predicted octanol–water partition coefficient (Wildman–Crippen LogP) is 3.17. The highest BCUT2D eigenvalue weighted by Crippen LogP contribution is 2.31. The molecule has 1 atom stereocenters. The molecule has 0 saturated carbocycles. The lowest BCUT2D eigenvalue weighted by Gasteiger charge is -2.13. The van der Waals surface area contributed by atoms with E-state index < -0.39 is 21.1 Å². The van der Waals surface area contributed by atoms with E-state index in [1.165, 1.54) is 4.90 Å². The van der Waals surface area contributed by atoms with Crippen LogP contribution in [0.4, 0.5) is 10.1 Å². The largest absolute Gasteiger partial charge is 0.326 e. The first-order valence-electron chi connectivity index (χ1n) is 9.14. The third-order valence-electron chi connectivity index (χ3n) is 4.35. The number of halogens is 1. The molecular formula is C20H20FN3O4S2. The zero-order valence-electron chi connectivity index (χ0n) is 16.3. The Labute approximate surface area is 178 Å². The number of sulfonamides is 1. The van der Waals surface area contributed by atoms with Crippen molar-refractivity contribution in [2.24, 2.45) is 4.40 Å². The molecule has 3 rings (SSSR count). The summed E-state index contributed by atoms with van der Waals surface area (Å²) < 4.78 is 41.9. The molecule has 1 saturated heterocycles. The second kappa shape index (κ2) is 8.97. The molecule has 2 amide bonds. The van der Waals surface area contributed by atoms with Crippen molar-refractivity contribution in [3.63, 3.8) is 0 Å². The van der Waals surface area contributed by atoms with Crippen molar-refractivity contribution < 1.29 is 22.4 Å². The zero-order chi connectivity index (χ0) is 21.9. The number of aryl methyl sites for hydroxylation is 1. The first-order chi connectivity index (χ1) is 14.2. The molecule has 30 heavy (non-hydrogen) atoms. The summed E-state index contributed by atoms with van der Waals surface area (Å²) in [5.74, 6) is -1.31. The summed E-state index contributed by atoms with van der Waals surface area (Å²) in [6, 6.07) is 11.5. The van der Waals surface area contributed by atoms with Crippen molar-refractivity contribution in [1.82, 2.24) is 4.90 Å². The maximum Gasteiger partial charge on any atom is 0.284 e. The number of nitrogens with one attached hydrogen (secondary N) is 1. The van der Waals surface area contributed by atoms with Gasteiger partial charge < -0.3 is 5.32 Å². The Kier molecular flexibility index (Phi) is 6.57. The molecule has 0 aliphatic carbocycles. The molecular weight excluding hydrogens is 429 g/mol. The fraction of sp³-hybridized carbons (Fsp3) is 0.250. The van der Waals surface area contributed by atoms with Gasteiger partial charge in [0.05, 0.1) is 4.90 Å². The maximum atomic E-state index is 13.1. The molecule has 0 unspecified atom stereocenters. The summed E-state index contributed by atoms with van der Waals surface area (Å²) >= 11 is 0.930. The van der Waals surface area contributed by atoms with Crippen LogP contribution >= 0.6 is 11.8 Å². The molecule has 1 aliphatic heterocycles. The van der Waals surface area contributed by atoms with Gasteiger partial charge in [0.2, 0.25) is 11.8 Å². The number of nitrogens with zero attached hydrogens (tertiary/aromatic N) is 2. The van der Waals surface area contributed by atoms with Gasteiger partial charge in [0.1, 0.15) is 11.1 Å². The first kappa shape index (κ1) is 22.0. The standard InChI is InChI=1S/C20H20FN3O4S2/c1-3-24-19(26)17(12-18(25)22-15-8-4-13(2)5-9-15)29-20(24)23-30(27,28)16-10-6-14(21)7-11-16/h4-11,17H,3,12H2,1-2H3,(H,22,25)/t17-/m1/s1. The molecule has 158 valence electrons. The Balaban J connectivity index is 1.75. The lowest BCUT2D eigenvalue weighted by Crippen LogP contribution is -2.33. The van der Waals surface area contributed by atoms with Gasteiger partial charge in [-0.2, -0.15) is 8.42 Å². The van der Waals surface area contributed by atoms with E-state index in [-0.39, 0.29) is 34.8 Å². The Morgan fingerprint density at radius 1 is 1.17 bits per heavy atom. The van der Waals surface area contributed by atoms with E-state index in [9.17, 15) is 22.4 Å². The lowest BCUT2D eigenvalue weighted by molar-refractivity contribution is -0.128. The minimum atomic E-state index is -4.13. The monoisotopic (exact) mass is 449 g/mol. The highest BCUT2D eigenvalue weighted by atomic mass is 32.2. The highest BCUT2D eigenvalue weighted by Gasteiger charge is 2.39. The van der Waals surface area contributed by atoms with Gasteiger partial charge in [-0.05, 0) is 50.2 Å². The van der Waals surface area contributed by atoms with Gasteiger partial charge in [0.25, 0.3) is 10.0 Å². The summed E-state index contributed by atoms with van der Waals surface area (Å²) in [5.41, 5.74) is 1.66. The minimum Gasteiger partial charge on any atom is -0.326 e. The Hall–Kier alpha value is -2.72. The molecule has 7 nitrogen and oxygen atoms in total. The van der Waals surface area contributed by atoms with Crippen LogP contribution in [0, 0.1) is 12.7 Å². The number of thioether (sulfide) groups is 1. The minimum absolute atomic E-state index is 0.0000362. The highest BCUT2D eigenvalue weighted by molar-refractivity contribution is 8.16. The molecule has 1 fully saturated rings. The van der Waals surface area contributed by atoms with E-state index in [1.807, 2.05) is 19.1 Å². The fourth-order valence-electron chi connectivity index (χ4n) is 2.78. The summed E-state index contributed by atoms with van der Waals surface area (Å²) in [4.78, 5) is 26.0. The number of hydrogen-bond donors (Lipinski definition) is 1. The molecule has 2 aromatic carbocycles. The molecule has 0 aromatic heterocycles. The first-order valence-corrected chi connectivity index (χ1v) is 11.5. The van der Waals surface area contributed by atoms with Crippen molar-refractivity contribution in [3.05, 3.63) is 59.9 Å². The van der Waals surface area contributed by atoms with Crippen LogP contribution in [0.15, 0.2) is 57.8 Å². The summed E-state index contributed by atoms with van der Waals surface area (Å²) in [6.07, 6.45) is -0.122. The van der Waals surface area contributed by atoms with E-state index in [4.69, 9.17) is 0 Å². The zero-order valence-corrected chi connectivity index (χ0v) is 18.0. The Morgan fingerprint density at radius 2 is 1.80 bits per heavy atom. The van der Waals surface area contributed by atoms with Crippen LogP contribution in [0.25, 0.3) is 0 Å². The number of anilines is 1. The molecule has 1 aliphatic rings. The van der Waals surface area contributed by atoms with Crippen molar-refractivity contribution in [2.45, 2.75) is 30.4 Å². The maximum absolute atomic E-state index is 13.1. The summed E-state index contributed by atoms with van der Waals surface area (Å²) in [7, 11) is -4.13. The van der Waals surface area contributed by atoms with Crippen molar-refractivity contribution >= 4 is 44.5 Å². The smallest absolute Gasteiger partial charge is 0.284 e. The lowest BCUT2D eigenvalue weighted by atomic mass is 10.2. The van der Waals surface area contributed by atoms with Gasteiger partial charge in [-0.3, -0.25) is 14.5 Å². The number of hydrogen-bond acceptors (Lipinski definition) is 5. The van der Waals surface area contributed by atoms with Crippen molar-refractivity contribution in [1.29, 1.82) is 0 Å². The van der Waals surface area contributed by atoms with Gasteiger partial charge in [-0.25, -0.2) is 4.39 Å². The summed E-state index contributed by atoms with van der Waals surface area (Å²) in [5, 5.41) is 1.95. The SMILES string of the molecule is CCN1C(=O)[C@@H](CC(=O)Nc2ccc(C)cc2)SC1=NS(=O)(=O)c1ccc(F)cc1. The number of carbonyl (C=O) groups excluding carboxylic acids is 2. The molecule has 1 N–H and O–H groups in total. The fourth-order valence-corrected chi connectivity index (χ4v) is 5.20. The average Bonchev–Trinajstić information content (AvgIpc) is 2.97. The van der Waals surface area contributed by atoms with Crippen LogP contribution in [-0.2, 0) is 19.6 Å². The third-order valence-corrected chi connectivity index (χ3v) is 6.92. The third kappa shape index (κ3) is 5.06. The van der Waals surface area contributed by atoms with Crippen LogP contribution in [-0.4, -0.2) is 42.1 Å². The molecule has 0 bridgehead atoms. The number of amides is 2. The molecule has 10 heteroatoms. The Bertz CT molecular complexity index is 1080. The molecule has 1 heterocycles. The van der Waals surface area contributed by atoms with Crippen molar-refractivity contribution in [3.8, 4) is 0 Å². The van der Waals surface area contributed by atoms with E-state index >= 15 is 0 Å². The molecule has 2 aromatic rings. The van der Waals surface area contributed by atoms with Crippen LogP contribution < -0.4 is 5.32 Å². The van der Waals surface area contributed by atoms with Crippen molar-refractivity contribution in [2.75, 3.05) is 11.9 Å². The number of amidine groups is 1. The van der Waals surface area contributed by atoms with E-state index in [1.54, 1.807) is 19.1 Å². The molecule has 0 radical (unpaired) electrons. The van der Waals surface area contributed by atoms with Crippen LogP contribution in [0.5, 0.6) is 0 Å². The van der Waals surface area contributed by atoms with Crippen LogP contribution in [0.3, 0.4) is 0 Å². The number of carbonyl (C=O) groups is 2. The van der Waals surface area contributed by atoms with Crippen LogP contribution in [0.1, 0.15) is 18.9 Å². The van der Waals surface area contributed by atoms with E-state index in [0.717, 1.165) is 41.6 Å². The van der Waals surface area contributed by atoms with E-state index in [0.29, 0.717) is 5.69 Å². The Morgan fingerprint density at radius 3 is 2.40 bits per heavy atom. The normalized spacial score (nSPS) is 18.1. The second-order valence-electron chi connectivity index (χ2n) is 6.61. The molecule has 0 spiro atoms. The second-order valence-corrected chi connectivity index (χ2v) is 9.38.